The molecule has 1 fully saturated rings. The summed E-state index contributed by atoms with van der Waals surface area (Å²) in [6.07, 6.45) is 8.59. The Kier molecular flexibility index (Phi) is 4.87. The molecule has 1 aliphatic rings. The molecule has 1 atom stereocenters. The second-order valence-corrected chi connectivity index (χ2v) is 6.46. The number of rotatable bonds is 4. The smallest absolute Gasteiger partial charge is 0.132 e. The van der Waals surface area contributed by atoms with E-state index in [-0.39, 0.29) is 0 Å². The van der Waals surface area contributed by atoms with Crippen molar-refractivity contribution in [2.45, 2.75) is 32.2 Å². The van der Waals surface area contributed by atoms with Gasteiger partial charge in [0.25, 0.3) is 0 Å². The molecule has 0 spiro atoms. The summed E-state index contributed by atoms with van der Waals surface area (Å²) < 4.78 is 0.994. The molecule has 5 nitrogen and oxygen atoms in total. The molecule has 2 aromatic heterocycles. The summed E-state index contributed by atoms with van der Waals surface area (Å²) in [6, 6.07) is 4.57. The Labute approximate surface area is 139 Å². The molecule has 2 aromatic rings. The quantitative estimate of drug-likeness (QED) is 0.905. The molecule has 0 radical (unpaired) electrons. The van der Waals surface area contributed by atoms with Gasteiger partial charge in [-0.25, -0.2) is 9.97 Å². The average Bonchev–Trinajstić information content (AvgIpc) is 2.55. The van der Waals surface area contributed by atoms with Crippen LogP contribution in [0.2, 0.25) is 0 Å². The van der Waals surface area contributed by atoms with Crippen molar-refractivity contribution in [2.75, 3.05) is 23.3 Å². The van der Waals surface area contributed by atoms with E-state index in [0.717, 1.165) is 54.0 Å². The van der Waals surface area contributed by atoms with Gasteiger partial charge in [-0.3, -0.25) is 4.98 Å². The van der Waals surface area contributed by atoms with Crippen LogP contribution in [0.3, 0.4) is 0 Å². The number of pyridine rings is 1. The fourth-order valence-corrected chi connectivity index (χ4v) is 3.15. The Morgan fingerprint density at radius 3 is 3.05 bits per heavy atom. The van der Waals surface area contributed by atoms with Gasteiger partial charge in [0.15, 0.2) is 0 Å². The van der Waals surface area contributed by atoms with Gasteiger partial charge in [0.2, 0.25) is 0 Å². The minimum Gasteiger partial charge on any atom is -0.379 e. The average molecular weight is 362 g/mol. The monoisotopic (exact) mass is 361 g/mol. The highest BCUT2D eigenvalue weighted by molar-refractivity contribution is 9.10. The van der Waals surface area contributed by atoms with Gasteiger partial charge in [-0.1, -0.05) is 6.92 Å². The summed E-state index contributed by atoms with van der Waals surface area (Å²) in [5.41, 5.74) is 2.15. The zero-order valence-electron chi connectivity index (χ0n) is 12.7. The summed E-state index contributed by atoms with van der Waals surface area (Å²) in [5, 5.41) is 3.57. The normalized spacial score (nSPS) is 18.3. The molecule has 0 bridgehead atoms. The van der Waals surface area contributed by atoms with Crippen LogP contribution in [0.1, 0.15) is 25.5 Å². The number of aromatic nitrogens is 3. The molecule has 1 N–H and O–H groups in total. The van der Waals surface area contributed by atoms with Gasteiger partial charge in [-0.2, -0.15) is 0 Å². The molecular formula is C16H20BrN5. The molecule has 1 unspecified atom stereocenters. The second-order valence-electron chi connectivity index (χ2n) is 5.54. The van der Waals surface area contributed by atoms with Gasteiger partial charge in [0.1, 0.15) is 12.1 Å². The van der Waals surface area contributed by atoms with Crippen LogP contribution in [0.25, 0.3) is 0 Å². The fraction of sp³-hybridized carbons (Fsp3) is 0.438. The van der Waals surface area contributed by atoms with Gasteiger partial charge in [-0.15, -0.1) is 0 Å². The minimum absolute atomic E-state index is 0.407. The molecule has 0 aromatic carbocycles. The number of nitrogens with one attached hydrogen (secondary N) is 1. The number of anilines is 2. The van der Waals surface area contributed by atoms with Gasteiger partial charge >= 0.3 is 0 Å². The van der Waals surface area contributed by atoms with Crippen LogP contribution in [-0.4, -0.2) is 34.1 Å². The lowest BCUT2D eigenvalue weighted by atomic mass is 10.1. The molecule has 1 saturated heterocycles. The number of piperidine rings is 1. The van der Waals surface area contributed by atoms with Crippen LogP contribution < -0.4 is 10.2 Å². The molecule has 3 rings (SSSR count). The maximum atomic E-state index is 4.43. The zero-order valence-corrected chi connectivity index (χ0v) is 14.3. The van der Waals surface area contributed by atoms with Crippen LogP contribution >= 0.6 is 15.9 Å². The van der Waals surface area contributed by atoms with Gasteiger partial charge < -0.3 is 10.2 Å². The maximum Gasteiger partial charge on any atom is 0.132 e. The van der Waals surface area contributed by atoms with E-state index < -0.39 is 0 Å². The molecule has 116 valence electrons. The molecule has 0 saturated carbocycles. The SMILES string of the molecule is CCc1cc(N2CCCC(Nc3cncc(Br)c3)C2)ncn1. The first-order valence-corrected chi connectivity index (χ1v) is 8.47. The van der Waals surface area contributed by atoms with Crippen molar-refractivity contribution < 1.29 is 0 Å². The van der Waals surface area contributed by atoms with Crippen molar-refractivity contribution in [1.29, 1.82) is 0 Å². The van der Waals surface area contributed by atoms with Crippen LogP contribution in [0.15, 0.2) is 35.3 Å². The first kappa shape index (κ1) is 15.2. The van der Waals surface area contributed by atoms with Gasteiger partial charge in [0, 0.05) is 41.6 Å². The van der Waals surface area contributed by atoms with Crippen LogP contribution in [0, 0.1) is 0 Å². The topological polar surface area (TPSA) is 53.9 Å². The predicted molar refractivity (Wildman–Crippen MR) is 92.2 cm³/mol. The van der Waals surface area contributed by atoms with E-state index in [0.29, 0.717) is 6.04 Å². The molecule has 0 amide bonds. The number of hydrogen-bond acceptors (Lipinski definition) is 5. The van der Waals surface area contributed by atoms with E-state index in [2.05, 4.69) is 60.2 Å². The highest BCUT2D eigenvalue weighted by Gasteiger charge is 2.21. The van der Waals surface area contributed by atoms with Crippen molar-refractivity contribution in [3.63, 3.8) is 0 Å². The van der Waals surface area contributed by atoms with Crippen molar-refractivity contribution in [2.24, 2.45) is 0 Å². The summed E-state index contributed by atoms with van der Waals surface area (Å²) in [6.45, 7) is 4.12. The fourth-order valence-electron chi connectivity index (χ4n) is 2.78. The number of nitrogens with zero attached hydrogens (tertiary/aromatic N) is 4. The molecule has 0 aliphatic carbocycles. The Morgan fingerprint density at radius 1 is 1.32 bits per heavy atom. The van der Waals surface area contributed by atoms with E-state index in [9.17, 15) is 0 Å². The highest BCUT2D eigenvalue weighted by atomic mass is 79.9. The third-order valence-corrected chi connectivity index (χ3v) is 4.33. The number of halogens is 1. The van der Waals surface area contributed by atoms with Crippen LogP contribution in [0.4, 0.5) is 11.5 Å². The summed E-state index contributed by atoms with van der Waals surface area (Å²) in [5.74, 6) is 1.03. The third kappa shape index (κ3) is 3.74. The van der Waals surface area contributed by atoms with Crippen molar-refractivity contribution in [3.05, 3.63) is 41.0 Å². The summed E-state index contributed by atoms with van der Waals surface area (Å²) in [4.78, 5) is 15.3. The van der Waals surface area contributed by atoms with Crippen LogP contribution in [-0.2, 0) is 6.42 Å². The Bertz CT molecular complexity index is 633. The number of hydrogen-bond donors (Lipinski definition) is 1. The highest BCUT2D eigenvalue weighted by Crippen LogP contribution is 2.21. The maximum absolute atomic E-state index is 4.43. The van der Waals surface area contributed by atoms with Crippen molar-refractivity contribution in [3.8, 4) is 0 Å². The Hall–Kier alpha value is -1.69. The Balaban J connectivity index is 1.68. The Morgan fingerprint density at radius 2 is 2.23 bits per heavy atom. The van der Waals surface area contributed by atoms with Gasteiger partial charge in [-0.05, 0) is 41.3 Å². The van der Waals surface area contributed by atoms with E-state index in [1.807, 2.05) is 6.20 Å². The largest absolute Gasteiger partial charge is 0.379 e. The van der Waals surface area contributed by atoms with Gasteiger partial charge in [0.05, 0.1) is 11.9 Å². The molecule has 3 heterocycles. The van der Waals surface area contributed by atoms with E-state index in [1.54, 1.807) is 12.5 Å². The molecule has 22 heavy (non-hydrogen) atoms. The predicted octanol–water partition coefficient (Wildman–Crippen LogP) is 3.28. The second kappa shape index (κ2) is 7.05. The molecule has 6 heteroatoms. The molecule has 1 aliphatic heterocycles. The van der Waals surface area contributed by atoms with Crippen molar-refractivity contribution in [1.82, 2.24) is 15.0 Å². The van der Waals surface area contributed by atoms with Crippen molar-refractivity contribution >= 4 is 27.4 Å². The molecular weight excluding hydrogens is 342 g/mol. The summed E-state index contributed by atoms with van der Waals surface area (Å²) >= 11 is 3.46. The standard InChI is InChI=1S/C16H20BrN5/c1-2-13-7-16(20-11-19-13)22-5-3-4-14(10-22)21-15-6-12(17)8-18-9-15/h6-9,11,14,21H,2-5,10H2,1H3. The first-order chi connectivity index (χ1) is 10.7. The minimum atomic E-state index is 0.407. The lowest BCUT2D eigenvalue weighted by molar-refractivity contribution is 0.526. The van der Waals surface area contributed by atoms with E-state index >= 15 is 0 Å². The lowest BCUT2D eigenvalue weighted by Crippen LogP contribution is -2.42. The number of aryl methyl sites for hydroxylation is 1. The first-order valence-electron chi connectivity index (χ1n) is 7.67. The lowest BCUT2D eigenvalue weighted by Gasteiger charge is -2.34. The summed E-state index contributed by atoms with van der Waals surface area (Å²) in [7, 11) is 0. The zero-order chi connectivity index (χ0) is 15.4. The van der Waals surface area contributed by atoms with E-state index in [4.69, 9.17) is 0 Å². The third-order valence-electron chi connectivity index (χ3n) is 3.89. The van der Waals surface area contributed by atoms with Crippen LogP contribution in [0.5, 0.6) is 0 Å². The van der Waals surface area contributed by atoms with E-state index in [1.165, 1.54) is 0 Å².